The van der Waals surface area contributed by atoms with Gasteiger partial charge in [0.05, 0.1) is 6.54 Å². The third kappa shape index (κ3) is 3.60. The number of rotatable bonds is 4. The first-order valence-corrected chi connectivity index (χ1v) is 11.3. The molecule has 4 heterocycles. The van der Waals surface area contributed by atoms with Crippen molar-refractivity contribution >= 4 is 15.9 Å². The molecular weight excluding hydrogens is 394 g/mol. The fourth-order valence-corrected chi connectivity index (χ4v) is 5.98. The number of fused-ring (bicyclic) bond motifs is 1. The van der Waals surface area contributed by atoms with Crippen LogP contribution in [0.1, 0.15) is 30.1 Å². The maximum Gasteiger partial charge on any atom is 0.248 e. The van der Waals surface area contributed by atoms with Crippen LogP contribution in [-0.4, -0.2) is 77.4 Å². The fourth-order valence-electron chi connectivity index (χ4n) is 4.27. The van der Waals surface area contributed by atoms with Crippen molar-refractivity contribution in [2.75, 3.05) is 39.3 Å². The third-order valence-corrected chi connectivity index (χ3v) is 8.11. The maximum atomic E-state index is 12.9. The van der Waals surface area contributed by atoms with Crippen molar-refractivity contribution in [2.24, 2.45) is 0 Å². The second kappa shape index (κ2) is 7.58. The Balaban J connectivity index is 1.37. The molecule has 1 atom stereocenters. The second-order valence-electron chi connectivity index (χ2n) is 7.71. The second-order valence-corrected chi connectivity index (χ2v) is 9.59. The lowest BCUT2D eigenvalue weighted by Crippen LogP contribution is -2.53. The molecule has 0 aromatic carbocycles. The van der Waals surface area contributed by atoms with Gasteiger partial charge in [-0.15, -0.1) is 0 Å². The quantitative estimate of drug-likeness (QED) is 0.732. The number of amides is 1. The third-order valence-electron chi connectivity index (χ3n) is 5.96. The maximum absolute atomic E-state index is 12.9. The van der Waals surface area contributed by atoms with Crippen LogP contribution in [0.3, 0.4) is 0 Å². The number of aryl methyl sites for hydroxylation is 2. The molecule has 0 spiro atoms. The van der Waals surface area contributed by atoms with Gasteiger partial charge in [0.15, 0.2) is 5.76 Å². The van der Waals surface area contributed by atoms with E-state index in [0.29, 0.717) is 31.1 Å². The highest BCUT2D eigenvalue weighted by Crippen LogP contribution is 2.26. The molecule has 2 aliphatic rings. The molecule has 10 heteroatoms. The average molecular weight is 422 g/mol. The summed E-state index contributed by atoms with van der Waals surface area (Å²) in [4.78, 5) is 16.9. The monoisotopic (exact) mass is 421 g/mol. The van der Waals surface area contributed by atoms with Crippen molar-refractivity contribution in [3.8, 4) is 0 Å². The molecule has 9 nitrogen and oxygen atoms in total. The van der Waals surface area contributed by atoms with Gasteiger partial charge in [0.1, 0.15) is 10.6 Å². The first-order chi connectivity index (χ1) is 13.8. The Hall–Kier alpha value is -2.17. The minimum Gasteiger partial charge on any atom is -0.360 e. The van der Waals surface area contributed by atoms with E-state index in [1.807, 2.05) is 6.07 Å². The Bertz CT molecular complexity index is 984. The van der Waals surface area contributed by atoms with E-state index in [-0.39, 0.29) is 29.9 Å². The van der Waals surface area contributed by atoms with Gasteiger partial charge in [-0.3, -0.25) is 9.69 Å². The van der Waals surface area contributed by atoms with Gasteiger partial charge in [-0.2, -0.15) is 4.31 Å². The van der Waals surface area contributed by atoms with E-state index >= 15 is 0 Å². The summed E-state index contributed by atoms with van der Waals surface area (Å²) in [5.74, 6) is 0.344. The minimum absolute atomic E-state index is 0.0474. The van der Waals surface area contributed by atoms with Gasteiger partial charge in [-0.25, -0.2) is 8.42 Å². The Morgan fingerprint density at radius 2 is 1.90 bits per heavy atom. The molecule has 1 saturated heterocycles. The number of piperazine rings is 1. The molecule has 158 valence electrons. The molecule has 1 amide bonds. The Labute approximate surface area is 170 Å². The minimum atomic E-state index is -3.67. The average Bonchev–Trinajstić information content (AvgIpc) is 3.31. The molecule has 0 saturated carbocycles. The van der Waals surface area contributed by atoms with Crippen molar-refractivity contribution in [3.63, 3.8) is 0 Å². The number of hydrogen-bond acceptors (Lipinski definition) is 6. The number of sulfonamides is 1. The van der Waals surface area contributed by atoms with Crippen molar-refractivity contribution in [3.05, 3.63) is 35.5 Å². The lowest BCUT2D eigenvalue weighted by atomic mass is 10.1. The van der Waals surface area contributed by atoms with Crippen molar-refractivity contribution < 1.29 is 17.7 Å². The van der Waals surface area contributed by atoms with Crippen molar-refractivity contribution in [1.29, 1.82) is 0 Å². The number of hydrogen-bond donors (Lipinski definition) is 0. The van der Waals surface area contributed by atoms with Crippen LogP contribution in [-0.2, 0) is 21.4 Å². The van der Waals surface area contributed by atoms with Crippen LogP contribution in [0.5, 0.6) is 0 Å². The van der Waals surface area contributed by atoms with E-state index in [1.54, 1.807) is 18.7 Å². The molecule has 0 N–H and O–H groups in total. The Kier molecular flexibility index (Phi) is 5.26. The summed E-state index contributed by atoms with van der Waals surface area (Å²) in [7, 11) is -3.67. The molecule has 0 aliphatic carbocycles. The highest BCUT2D eigenvalue weighted by Gasteiger charge is 2.35. The Morgan fingerprint density at radius 3 is 2.55 bits per heavy atom. The fraction of sp³-hybridized carbons (Fsp3) is 0.579. The van der Waals surface area contributed by atoms with Gasteiger partial charge in [-0.05, 0) is 32.9 Å². The van der Waals surface area contributed by atoms with Gasteiger partial charge in [-0.1, -0.05) is 5.16 Å². The number of aromatic nitrogens is 2. The van der Waals surface area contributed by atoms with Gasteiger partial charge < -0.3 is 14.0 Å². The van der Waals surface area contributed by atoms with E-state index < -0.39 is 10.0 Å². The molecule has 0 bridgehead atoms. The van der Waals surface area contributed by atoms with E-state index in [1.165, 1.54) is 10.00 Å². The number of carbonyl (C=O) groups excluding carboxylic acids is 1. The topological polar surface area (TPSA) is 91.9 Å². The summed E-state index contributed by atoms with van der Waals surface area (Å²) in [6, 6.07) is 4.32. The first-order valence-electron chi connectivity index (χ1n) is 9.89. The zero-order chi connectivity index (χ0) is 20.8. The molecular formula is C19H27N5O4S. The summed E-state index contributed by atoms with van der Waals surface area (Å²) in [6.07, 6.45) is 2.07. The largest absolute Gasteiger partial charge is 0.360 e. The van der Waals surface area contributed by atoms with Gasteiger partial charge in [0, 0.05) is 57.2 Å². The lowest BCUT2D eigenvalue weighted by molar-refractivity contribution is -0.134. The van der Waals surface area contributed by atoms with Crippen LogP contribution in [0.2, 0.25) is 0 Å². The molecule has 2 aliphatic heterocycles. The number of carbonyl (C=O) groups is 1. The zero-order valence-electron chi connectivity index (χ0n) is 17.0. The molecule has 1 unspecified atom stereocenters. The van der Waals surface area contributed by atoms with Crippen LogP contribution in [0, 0.1) is 13.8 Å². The molecule has 2 aromatic rings. The van der Waals surface area contributed by atoms with E-state index in [2.05, 4.69) is 33.8 Å². The summed E-state index contributed by atoms with van der Waals surface area (Å²) in [5, 5.41) is 3.75. The van der Waals surface area contributed by atoms with Crippen LogP contribution >= 0.6 is 0 Å². The lowest BCUT2D eigenvalue weighted by Gasteiger charge is -2.38. The van der Waals surface area contributed by atoms with E-state index in [0.717, 1.165) is 13.1 Å². The molecule has 29 heavy (non-hydrogen) atoms. The predicted octanol–water partition coefficient (Wildman–Crippen LogP) is 1.00. The molecule has 1 fully saturated rings. The standard InChI is InChI=1S/C19H27N5O4S/c1-14-19(16(3)28-20-14)29(26,27)24-11-9-22(10-12-24)18(25)13-23-8-7-21-6-4-5-17(21)15(23)2/h4-6,15H,7-13H2,1-3H3. The van der Waals surface area contributed by atoms with Crippen LogP contribution in [0.15, 0.2) is 27.7 Å². The summed E-state index contributed by atoms with van der Waals surface area (Å²) < 4.78 is 34.5. The predicted molar refractivity (Wildman–Crippen MR) is 106 cm³/mol. The summed E-state index contributed by atoms with van der Waals surface area (Å²) in [5.41, 5.74) is 1.59. The van der Waals surface area contributed by atoms with Gasteiger partial charge in [0.2, 0.25) is 15.9 Å². The van der Waals surface area contributed by atoms with Crippen molar-refractivity contribution in [2.45, 2.75) is 38.3 Å². The zero-order valence-corrected chi connectivity index (χ0v) is 17.9. The molecule has 0 radical (unpaired) electrons. The van der Waals surface area contributed by atoms with Crippen molar-refractivity contribution in [1.82, 2.24) is 23.8 Å². The number of nitrogens with zero attached hydrogens (tertiary/aromatic N) is 5. The van der Waals surface area contributed by atoms with E-state index in [4.69, 9.17) is 4.52 Å². The highest BCUT2D eigenvalue weighted by atomic mass is 32.2. The highest BCUT2D eigenvalue weighted by molar-refractivity contribution is 7.89. The summed E-state index contributed by atoms with van der Waals surface area (Å²) >= 11 is 0. The van der Waals surface area contributed by atoms with E-state index in [9.17, 15) is 13.2 Å². The van der Waals surface area contributed by atoms with Crippen LogP contribution < -0.4 is 0 Å². The van der Waals surface area contributed by atoms with Crippen LogP contribution in [0.25, 0.3) is 0 Å². The molecule has 2 aromatic heterocycles. The van der Waals surface area contributed by atoms with Gasteiger partial charge in [0.25, 0.3) is 0 Å². The van der Waals surface area contributed by atoms with Crippen LogP contribution in [0.4, 0.5) is 0 Å². The SMILES string of the molecule is Cc1noc(C)c1S(=O)(=O)N1CCN(C(=O)CN2CCn3cccc3C2C)CC1. The normalized spacial score (nSPS) is 21.3. The smallest absolute Gasteiger partial charge is 0.248 e. The van der Waals surface area contributed by atoms with Gasteiger partial charge >= 0.3 is 0 Å². The summed E-state index contributed by atoms with van der Waals surface area (Å²) in [6.45, 7) is 8.73. The Morgan fingerprint density at radius 1 is 1.17 bits per heavy atom. The molecule has 4 rings (SSSR count). The first kappa shape index (κ1) is 20.1.